The van der Waals surface area contributed by atoms with E-state index < -0.39 is 0 Å². The van der Waals surface area contributed by atoms with Gasteiger partial charge in [-0.2, -0.15) is 0 Å². The fourth-order valence-electron chi connectivity index (χ4n) is 1.06. The summed E-state index contributed by atoms with van der Waals surface area (Å²) >= 11 is 0. The van der Waals surface area contributed by atoms with Gasteiger partial charge in [0.15, 0.2) is 11.6 Å². The van der Waals surface area contributed by atoms with E-state index in [0.29, 0.717) is 17.9 Å². The molecule has 0 aromatic carbocycles. The molecule has 0 bridgehead atoms. The van der Waals surface area contributed by atoms with E-state index in [2.05, 4.69) is 16.5 Å². The van der Waals surface area contributed by atoms with Crippen LogP contribution in [-0.2, 0) is 11.3 Å². The molecule has 0 spiro atoms. The van der Waals surface area contributed by atoms with Gasteiger partial charge in [0.05, 0.1) is 12.3 Å². The summed E-state index contributed by atoms with van der Waals surface area (Å²) in [5.41, 5.74) is 0.726. The van der Waals surface area contributed by atoms with Crippen molar-refractivity contribution in [2.24, 2.45) is 0 Å². The number of aromatic amines is 1. The SMILES string of the molecule is C=C(O)c1nc(COCC)c(C)c(=O)[nH]1. The van der Waals surface area contributed by atoms with Crippen molar-refractivity contribution in [2.75, 3.05) is 6.61 Å². The van der Waals surface area contributed by atoms with Gasteiger partial charge in [0.1, 0.15) is 0 Å². The molecule has 0 unspecified atom stereocenters. The van der Waals surface area contributed by atoms with E-state index in [9.17, 15) is 4.79 Å². The lowest BCUT2D eigenvalue weighted by Gasteiger charge is -2.06. The van der Waals surface area contributed by atoms with Crippen molar-refractivity contribution in [2.45, 2.75) is 20.5 Å². The highest BCUT2D eigenvalue weighted by molar-refractivity contribution is 5.47. The molecular weight excluding hydrogens is 196 g/mol. The summed E-state index contributed by atoms with van der Waals surface area (Å²) in [6.07, 6.45) is 0. The molecule has 0 aliphatic heterocycles. The van der Waals surface area contributed by atoms with Gasteiger partial charge in [0.2, 0.25) is 0 Å². The minimum Gasteiger partial charge on any atom is -0.505 e. The van der Waals surface area contributed by atoms with Crippen LogP contribution >= 0.6 is 0 Å². The third-order valence-corrected chi connectivity index (χ3v) is 1.97. The Kier molecular flexibility index (Phi) is 3.62. The van der Waals surface area contributed by atoms with Crippen LogP contribution < -0.4 is 5.56 Å². The third kappa shape index (κ3) is 2.66. The summed E-state index contributed by atoms with van der Waals surface area (Å²) in [5, 5.41) is 9.12. The van der Waals surface area contributed by atoms with Crippen LogP contribution in [0.2, 0.25) is 0 Å². The van der Waals surface area contributed by atoms with Crippen LogP contribution in [0, 0.1) is 6.92 Å². The number of aliphatic hydroxyl groups excluding tert-OH is 1. The third-order valence-electron chi connectivity index (χ3n) is 1.97. The Labute approximate surface area is 87.4 Å². The van der Waals surface area contributed by atoms with Crippen molar-refractivity contribution in [1.82, 2.24) is 9.97 Å². The van der Waals surface area contributed by atoms with E-state index in [1.807, 2.05) is 6.92 Å². The van der Waals surface area contributed by atoms with E-state index in [1.54, 1.807) is 6.92 Å². The first-order valence-electron chi connectivity index (χ1n) is 4.62. The molecule has 0 aliphatic rings. The first kappa shape index (κ1) is 11.5. The highest BCUT2D eigenvalue weighted by atomic mass is 16.5. The van der Waals surface area contributed by atoms with Crippen LogP contribution in [0.15, 0.2) is 11.4 Å². The van der Waals surface area contributed by atoms with Crippen molar-refractivity contribution in [3.8, 4) is 0 Å². The van der Waals surface area contributed by atoms with Crippen molar-refractivity contribution < 1.29 is 9.84 Å². The van der Waals surface area contributed by atoms with Gasteiger partial charge in [-0.1, -0.05) is 6.58 Å². The zero-order valence-corrected chi connectivity index (χ0v) is 8.83. The molecule has 5 heteroatoms. The van der Waals surface area contributed by atoms with Crippen LogP contribution in [0.1, 0.15) is 24.0 Å². The minimum atomic E-state index is -0.287. The van der Waals surface area contributed by atoms with E-state index in [-0.39, 0.29) is 23.7 Å². The Morgan fingerprint density at radius 3 is 2.87 bits per heavy atom. The molecule has 0 amide bonds. The smallest absolute Gasteiger partial charge is 0.254 e. The highest BCUT2D eigenvalue weighted by Gasteiger charge is 2.08. The average molecular weight is 210 g/mol. The highest BCUT2D eigenvalue weighted by Crippen LogP contribution is 2.05. The van der Waals surface area contributed by atoms with Crippen molar-refractivity contribution in [3.63, 3.8) is 0 Å². The van der Waals surface area contributed by atoms with Gasteiger partial charge in [0, 0.05) is 12.2 Å². The lowest BCUT2D eigenvalue weighted by molar-refractivity contribution is 0.130. The molecular formula is C10H14N2O3. The van der Waals surface area contributed by atoms with Crippen LogP contribution in [0.4, 0.5) is 0 Å². The molecule has 5 nitrogen and oxygen atoms in total. The van der Waals surface area contributed by atoms with Crippen LogP contribution in [0.5, 0.6) is 0 Å². The molecule has 0 atom stereocenters. The number of hydrogen-bond acceptors (Lipinski definition) is 4. The number of aliphatic hydroxyl groups is 1. The zero-order chi connectivity index (χ0) is 11.4. The van der Waals surface area contributed by atoms with Gasteiger partial charge in [-0.05, 0) is 13.8 Å². The molecule has 1 rings (SSSR count). The number of rotatable bonds is 4. The number of ether oxygens (including phenoxy) is 1. The van der Waals surface area contributed by atoms with Crippen LogP contribution in [0.3, 0.4) is 0 Å². The monoisotopic (exact) mass is 210 g/mol. The van der Waals surface area contributed by atoms with Gasteiger partial charge in [-0.15, -0.1) is 0 Å². The minimum absolute atomic E-state index is 0.0836. The van der Waals surface area contributed by atoms with Crippen molar-refractivity contribution in [3.05, 3.63) is 34.0 Å². The summed E-state index contributed by atoms with van der Waals surface area (Å²) in [5.74, 6) is -0.176. The summed E-state index contributed by atoms with van der Waals surface area (Å²) in [6.45, 7) is 7.61. The maximum Gasteiger partial charge on any atom is 0.254 e. The molecule has 1 aromatic heterocycles. The fourth-order valence-corrected chi connectivity index (χ4v) is 1.06. The van der Waals surface area contributed by atoms with Gasteiger partial charge >= 0.3 is 0 Å². The van der Waals surface area contributed by atoms with Gasteiger partial charge in [0.25, 0.3) is 5.56 Å². The fraction of sp³-hybridized carbons (Fsp3) is 0.400. The lowest BCUT2D eigenvalue weighted by atomic mass is 10.2. The molecule has 0 radical (unpaired) electrons. The Hall–Kier alpha value is -1.62. The predicted molar refractivity (Wildman–Crippen MR) is 56.6 cm³/mol. The summed E-state index contributed by atoms with van der Waals surface area (Å²) in [4.78, 5) is 17.9. The summed E-state index contributed by atoms with van der Waals surface area (Å²) in [7, 11) is 0. The van der Waals surface area contributed by atoms with E-state index in [1.165, 1.54) is 0 Å². The molecule has 82 valence electrons. The van der Waals surface area contributed by atoms with E-state index in [0.717, 1.165) is 0 Å². The zero-order valence-electron chi connectivity index (χ0n) is 8.83. The second kappa shape index (κ2) is 4.75. The second-order valence-electron chi connectivity index (χ2n) is 3.07. The Morgan fingerprint density at radius 1 is 1.67 bits per heavy atom. The molecule has 1 heterocycles. The maximum absolute atomic E-state index is 11.4. The molecule has 0 saturated heterocycles. The van der Waals surface area contributed by atoms with Gasteiger partial charge in [-0.3, -0.25) is 4.79 Å². The van der Waals surface area contributed by atoms with Crippen molar-refractivity contribution in [1.29, 1.82) is 0 Å². The first-order valence-corrected chi connectivity index (χ1v) is 4.62. The largest absolute Gasteiger partial charge is 0.505 e. The summed E-state index contributed by atoms with van der Waals surface area (Å²) < 4.78 is 5.16. The summed E-state index contributed by atoms with van der Waals surface area (Å²) in [6, 6.07) is 0. The normalized spacial score (nSPS) is 10.3. The molecule has 0 fully saturated rings. The van der Waals surface area contributed by atoms with Crippen LogP contribution in [0.25, 0.3) is 5.76 Å². The van der Waals surface area contributed by atoms with Crippen molar-refractivity contribution >= 4 is 5.76 Å². The Bertz CT molecular complexity index is 423. The number of hydrogen-bond donors (Lipinski definition) is 2. The topological polar surface area (TPSA) is 75.2 Å². The maximum atomic E-state index is 11.4. The number of nitrogens with zero attached hydrogens (tertiary/aromatic N) is 1. The molecule has 1 aromatic rings. The lowest BCUT2D eigenvalue weighted by Crippen LogP contribution is -2.18. The first-order chi connectivity index (χ1) is 7.06. The van der Waals surface area contributed by atoms with E-state index >= 15 is 0 Å². The molecule has 2 N–H and O–H groups in total. The average Bonchev–Trinajstić information content (AvgIpc) is 2.19. The van der Waals surface area contributed by atoms with Gasteiger partial charge in [-0.25, -0.2) is 4.98 Å². The number of aromatic nitrogens is 2. The molecule has 0 saturated carbocycles. The molecule has 15 heavy (non-hydrogen) atoms. The Morgan fingerprint density at radius 2 is 2.33 bits per heavy atom. The van der Waals surface area contributed by atoms with Gasteiger partial charge < -0.3 is 14.8 Å². The quantitative estimate of drug-likeness (QED) is 0.731. The molecule has 0 aliphatic carbocycles. The second-order valence-corrected chi connectivity index (χ2v) is 3.07. The predicted octanol–water partition coefficient (Wildman–Crippen LogP) is 1.14. The Balaban J connectivity index is 3.13. The number of nitrogens with one attached hydrogen (secondary N) is 1. The standard InChI is InChI=1S/C10H14N2O3/c1-4-15-5-8-6(2)10(14)12-9(11-8)7(3)13/h13H,3-5H2,1-2H3,(H,11,12,14). The van der Waals surface area contributed by atoms with Crippen LogP contribution in [-0.4, -0.2) is 21.7 Å². The number of H-pyrrole nitrogens is 1. The van der Waals surface area contributed by atoms with E-state index in [4.69, 9.17) is 9.84 Å².